The van der Waals surface area contributed by atoms with Crippen LogP contribution in [0.2, 0.25) is 0 Å². The fourth-order valence-electron chi connectivity index (χ4n) is 3.34. The van der Waals surface area contributed by atoms with Crippen LogP contribution in [-0.4, -0.2) is 68.2 Å². The molecule has 9 heteroatoms. The number of likely N-dealkylation sites (N-methyl/N-ethyl adjacent to an activating group) is 1. The second-order valence-electron chi connectivity index (χ2n) is 6.84. The van der Waals surface area contributed by atoms with Gasteiger partial charge in [0.25, 0.3) is 5.91 Å². The van der Waals surface area contributed by atoms with E-state index in [0.29, 0.717) is 11.4 Å². The smallest absolute Gasteiger partial charge is 0.273 e. The molecule has 1 amide bonds. The van der Waals surface area contributed by atoms with E-state index in [9.17, 15) is 4.79 Å². The molecule has 3 heterocycles. The highest BCUT2D eigenvalue weighted by Gasteiger charge is 2.23. The zero-order valence-electron chi connectivity index (χ0n) is 16.6. The van der Waals surface area contributed by atoms with E-state index in [1.165, 1.54) is 11.3 Å². The molecule has 0 spiro atoms. The summed E-state index contributed by atoms with van der Waals surface area (Å²) in [5, 5.41) is 12.2. The molecule has 0 radical (unpaired) electrons. The highest BCUT2D eigenvalue weighted by atomic mass is 32.2. The first kappa shape index (κ1) is 20.1. The van der Waals surface area contributed by atoms with Crippen LogP contribution in [0.1, 0.15) is 28.2 Å². The Kier molecular flexibility index (Phi) is 6.27. The number of rotatable bonds is 6. The molecule has 0 aliphatic carbocycles. The summed E-state index contributed by atoms with van der Waals surface area (Å²) in [5.74, 6) is 1.54. The van der Waals surface area contributed by atoms with E-state index in [-0.39, 0.29) is 5.91 Å². The van der Waals surface area contributed by atoms with E-state index >= 15 is 0 Å². The van der Waals surface area contributed by atoms with Crippen molar-refractivity contribution in [3.63, 3.8) is 0 Å². The summed E-state index contributed by atoms with van der Waals surface area (Å²) in [4.78, 5) is 21.6. The van der Waals surface area contributed by atoms with Crippen molar-refractivity contribution in [2.24, 2.45) is 0 Å². The largest absolute Gasteiger partial charge is 0.335 e. The Morgan fingerprint density at radius 2 is 1.90 bits per heavy atom. The van der Waals surface area contributed by atoms with Crippen molar-refractivity contribution in [2.75, 3.05) is 32.7 Å². The minimum Gasteiger partial charge on any atom is -0.335 e. The summed E-state index contributed by atoms with van der Waals surface area (Å²) in [6, 6.07) is 10.1. The zero-order valence-corrected chi connectivity index (χ0v) is 18.2. The number of amides is 1. The lowest BCUT2D eigenvalue weighted by molar-refractivity contribution is 0.0638. The Balaban J connectivity index is 1.40. The van der Waals surface area contributed by atoms with Crippen LogP contribution in [0.5, 0.6) is 0 Å². The summed E-state index contributed by atoms with van der Waals surface area (Å²) in [6.45, 7) is 8.55. The molecule has 0 saturated carbocycles. The van der Waals surface area contributed by atoms with Gasteiger partial charge in [-0.15, -0.1) is 21.5 Å². The van der Waals surface area contributed by atoms with Crippen molar-refractivity contribution >= 4 is 29.0 Å². The van der Waals surface area contributed by atoms with Crippen molar-refractivity contribution in [3.05, 3.63) is 52.2 Å². The molecule has 4 rings (SSSR count). The first-order valence-electron chi connectivity index (χ1n) is 9.72. The first-order valence-corrected chi connectivity index (χ1v) is 11.6. The molecular formula is C20H24N6OS2. The number of hydrogen-bond acceptors (Lipinski definition) is 7. The third-order valence-corrected chi connectivity index (χ3v) is 6.98. The molecule has 1 aliphatic heterocycles. The number of para-hydroxylation sites is 1. The van der Waals surface area contributed by atoms with Gasteiger partial charge in [0.1, 0.15) is 16.5 Å². The van der Waals surface area contributed by atoms with Crippen LogP contribution in [0.4, 0.5) is 0 Å². The maximum absolute atomic E-state index is 12.7. The van der Waals surface area contributed by atoms with Crippen molar-refractivity contribution in [1.29, 1.82) is 0 Å². The fraction of sp³-hybridized carbons (Fsp3) is 0.400. The maximum Gasteiger partial charge on any atom is 0.273 e. The number of hydrogen-bond donors (Lipinski definition) is 0. The van der Waals surface area contributed by atoms with E-state index in [1.807, 2.05) is 52.1 Å². The van der Waals surface area contributed by atoms with Crippen molar-refractivity contribution < 1.29 is 4.79 Å². The van der Waals surface area contributed by atoms with Gasteiger partial charge in [-0.05, 0) is 25.6 Å². The van der Waals surface area contributed by atoms with Crippen LogP contribution in [0.25, 0.3) is 5.69 Å². The molecule has 152 valence electrons. The molecule has 2 aromatic heterocycles. The van der Waals surface area contributed by atoms with Crippen molar-refractivity contribution in [3.8, 4) is 5.69 Å². The van der Waals surface area contributed by atoms with Gasteiger partial charge in [0.05, 0.1) is 5.75 Å². The minimum absolute atomic E-state index is 0.0385. The van der Waals surface area contributed by atoms with Gasteiger partial charge in [-0.3, -0.25) is 9.36 Å². The van der Waals surface area contributed by atoms with E-state index in [1.54, 1.807) is 11.8 Å². The summed E-state index contributed by atoms with van der Waals surface area (Å²) >= 11 is 3.11. The van der Waals surface area contributed by atoms with Crippen LogP contribution in [0, 0.1) is 6.92 Å². The fourth-order valence-corrected chi connectivity index (χ4v) is 5.13. The molecular weight excluding hydrogens is 404 g/mol. The van der Waals surface area contributed by atoms with Crippen LogP contribution in [-0.2, 0) is 5.75 Å². The summed E-state index contributed by atoms with van der Waals surface area (Å²) < 4.78 is 2.04. The number of carbonyl (C=O) groups is 1. The Morgan fingerprint density at radius 3 is 2.62 bits per heavy atom. The Labute approximate surface area is 178 Å². The number of nitrogens with zero attached hydrogens (tertiary/aromatic N) is 6. The molecule has 0 unspecified atom stereocenters. The molecule has 7 nitrogen and oxygen atoms in total. The first-order chi connectivity index (χ1) is 14.2. The number of thioether (sulfide) groups is 1. The molecule has 0 atom stereocenters. The van der Waals surface area contributed by atoms with E-state index in [0.717, 1.165) is 54.4 Å². The normalized spacial score (nSPS) is 15.0. The summed E-state index contributed by atoms with van der Waals surface area (Å²) in [7, 11) is 0. The topological polar surface area (TPSA) is 67.2 Å². The van der Waals surface area contributed by atoms with E-state index in [4.69, 9.17) is 0 Å². The number of thiazole rings is 1. The summed E-state index contributed by atoms with van der Waals surface area (Å²) in [5.41, 5.74) is 1.59. The molecule has 0 N–H and O–H groups in total. The van der Waals surface area contributed by atoms with Gasteiger partial charge >= 0.3 is 0 Å². The molecule has 1 aromatic carbocycles. The molecule has 3 aromatic rings. The lowest BCUT2D eigenvalue weighted by atomic mass is 10.3. The standard InChI is InChI=1S/C20H24N6OS2/c1-3-24-9-11-25(12-10-24)19(27)17-13-28-18(21-17)14-29-20-23-22-15(2)26(20)16-7-5-4-6-8-16/h4-8,13H,3,9-12,14H2,1-2H3. The predicted octanol–water partition coefficient (Wildman–Crippen LogP) is 3.10. The number of carbonyl (C=O) groups excluding carboxylic acids is 1. The Morgan fingerprint density at radius 1 is 1.14 bits per heavy atom. The molecule has 0 bridgehead atoms. The monoisotopic (exact) mass is 428 g/mol. The van der Waals surface area contributed by atoms with E-state index < -0.39 is 0 Å². The number of benzene rings is 1. The Hall–Kier alpha value is -2.23. The van der Waals surface area contributed by atoms with Gasteiger partial charge in [-0.2, -0.15) is 0 Å². The second-order valence-corrected chi connectivity index (χ2v) is 8.73. The van der Waals surface area contributed by atoms with Gasteiger partial charge in [0, 0.05) is 37.2 Å². The van der Waals surface area contributed by atoms with Crippen molar-refractivity contribution in [1.82, 2.24) is 29.5 Å². The van der Waals surface area contributed by atoms with Crippen LogP contribution in [0.15, 0.2) is 40.9 Å². The Bertz CT molecular complexity index is 963. The zero-order chi connectivity index (χ0) is 20.2. The average Bonchev–Trinajstić information content (AvgIpc) is 3.39. The lowest BCUT2D eigenvalue weighted by Gasteiger charge is -2.33. The van der Waals surface area contributed by atoms with Gasteiger partial charge in [0.15, 0.2) is 5.16 Å². The lowest BCUT2D eigenvalue weighted by Crippen LogP contribution is -2.48. The third-order valence-electron chi connectivity index (χ3n) is 5.01. The SMILES string of the molecule is CCN1CCN(C(=O)c2csc(CSc3nnc(C)n3-c3ccccc3)n2)CC1. The van der Waals surface area contributed by atoms with Crippen LogP contribution < -0.4 is 0 Å². The van der Waals surface area contributed by atoms with Crippen LogP contribution in [0.3, 0.4) is 0 Å². The van der Waals surface area contributed by atoms with Gasteiger partial charge in [-0.1, -0.05) is 36.9 Å². The molecule has 1 fully saturated rings. The van der Waals surface area contributed by atoms with Gasteiger partial charge in [0.2, 0.25) is 0 Å². The maximum atomic E-state index is 12.7. The third kappa shape index (κ3) is 4.52. The second kappa shape index (κ2) is 9.06. The van der Waals surface area contributed by atoms with Crippen molar-refractivity contribution in [2.45, 2.75) is 24.8 Å². The summed E-state index contributed by atoms with van der Waals surface area (Å²) in [6.07, 6.45) is 0. The van der Waals surface area contributed by atoms with Gasteiger partial charge in [-0.25, -0.2) is 4.98 Å². The van der Waals surface area contributed by atoms with Crippen LogP contribution >= 0.6 is 23.1 Å². The quantitative estimate of drug-likeness (QED) is 0.562. The van der Waals surface area contributed by atoms with E-state index in [2.05, 4.69) is 27.0 Å². The molecule has 1 aliphatic rings. The highest BCUT2D eigenvalue weighted by molar-refractivity contribution is 7.98. The minimum atomic E-state index is 0.0385. The van der Waals surface area contributed by atoms with Gasteiger partial charge < -0.3 is 9.80 Å². The highest BCUT2D eigenvalue weighted by Crippen LogP contribution is 2.26. The molecule has 29 heavy (non-hydrogen) atoms. The predicted molar refractivity (Wildman–Crippen MR) is 116 cm³/mol. The molecule has 1 saturated heterocycles. The number of aryl methyl sites for hydroxylation is 1. The average molecular weight is 429 g/mol. The number of aromatic nitrogens is 4. The number of piperazine rings is 1.